The molecular weight excluding hydrogens is 370 g/mol. The van der Waals surface area contributed by atoms with Crippen LogP contribution in [0.1, 0.15) is 0 Å². The molecule has 1 atom stereocenters. The molecule has 7 heteroatoms. The van der Waals surface area contributed by atoms with Gasteiger partial charge in [-0.3, -0.25) is 19.4 Å². The van der Waals surface area contributed by atoms with Crippen molar-refractivity contribution < 1.29 is 19.4 Å². The SMILES string of the molecule is CN(CC(=O)O)CC1CN(CC(=O)Nc2ccc(-c3ccccc3)cc2)CCO1. The summed E-state index contributed by atoms with van der Waals surface area (Å²) < 4.78 is 5.71. The van der Waals surface area contributed by atoms with E-state index in [1.54, 1.807) is 11.9 Å². The number of carboxylic acid groups (broad SMARTS) is 1. The lowest BCUT2D eigenvalue weighted by Gasteiger charge is -2.34. The van der Waals surface area contributed by atoms with Crippen LogP contribution in [0.3, 0.4) is 0 Å². The van der Waals surface area contributed by atoms with Crippen LogP contribution in [0.4, 0.5) is 5.69 Å². The summed E-state index contributed by atoms with van der Waals surface area (Å²) in [5.74, 6) is -0.935. The largest absolute Gasteiger partial charge is 0.480 e. The lowest BCUT2D eigenvalue weighted by atomic mass is 10.1. The highest BCUT2D eigenvalue weighted by Gasteiger charge is 2.23. The zero-order valence-electron chi connectivity index (χ0n) is 16.6. The van der Waals surface area contributed by atoms with Gasteiger partial charge in [0.15, 0.2) is 0 Å². The van der Waals surface area contributed by atoms with Crippen molar-refractivity contribution in [1.29, 1.82) is 0 Å². The van der Waals surface area contributed by atoms with Crippen molar-refractivity contribution in [2.45, 2.75) is 6.10 Å². The van der Waals surface area contributed by atoms with E-state index in [0.717, 1.165) is 16.8 Å². The number of ether oxygens (including phenoxy) is 1. The van der Waals surface area contributed by atoms with Gasteiger partial charge in [0.1, 0.15) is 0 Å². The number of nitrogens with zero attached hydrogens (tertiary/aromatic N) is 2. The van der Waals surface area contributed by atoms with Crippen LogP contribution in [0.25, 0.3) is 11.1 Å². The summed E-state index contributed by atoms with van der Waals surface area (Å²) >= 11 is 0. The van der Waals surface area contributed by atoms with Gasteiger partial charge in [-0.25, -0.2) is 0 Å². The minimum atomic E-state index is -0.863. The van der Waals surface area contributed by atoms with Crippen LogP contribution in [0.2, 0.25) is 0 Å². The average molecular weight is 397 g/mol. The fraction of sp³-hybridized carbons (Fsp3) is 0.364. The number of aliphatic carboxylic acids is 1. The number of hydrogen-bond acceptors (Lipinski definition) is 5. The zero-order valence-corrected chi connectivity index (χ0v) is 16.6. The third-order valence-electron chi connectivity index (χ3n) is 4.79. The number of anilines is 1. The number of carbonyl (C=O) groups excluding carboxylic acids is 1. The predicted molar refractivity (Wildman–Crippen MR) is 112 cm³/mol. The monoisotopic (exact) mass is 397 g/mol. The second-order valence-electron chi connectivity index (χ2n) is 7.31. The van der Waals surface area contributed by atoms with E-state index in [1.165, 1.54) is 0 Å². The molecule has 2 aromatic rings. The van der Waals surface area contributed by atoms with Crippen molar-refractivity contribution in [2.24, 2.45) is 0 Å². The number of amides is 1. The third-order valence-corrected chi connectivity index (χ3v) is 4.79. The van der Waals surface area contributed by atoms with Gasteiger partial charge >= 0.3 is 5.97 Å². The predicted octanol–water partition coefficient (Wildman–Crippen LogP) is 2.01. The van der Waals surface area contributed by atoms with Gasteiger partial charge < -0.3 is 15.2 Å². The third kappa shape index (κ3) is 6.67. The van der Waals surface area contributed by atoms with Crippen LogP contribution in [-0.4, -0.2) is 79.3 Å². The Balaban J connectivity index is 1.48. The first-order valence-corrected chi connectivity index (χ1v) is 9.69. The fourth-order valence-corrected chi connectivity index (χ4v) is 3.46. The molecule has 1 amide bonds. The molecule has 1 saturated heterocycles. The minimum Gasteiger partial charge on any atom is -0.480 e. The standard InChI is InChI=1S/C22H27N3O4/c1-24(16-22(27)28)13-20-14-25(11-12-29-20)15-21(26)23-19-9-7-18(8-10-19)17-5-3-2-4-6-17/h2-10,20H,11-16H2,1H3,(H,23,26)(H,27,28). The molecule has 1 fully saturated rings. The first kappa shape index (κ1) is 21.0. The second kappa shape index (κ2) is 10.2. The fourth-order valence-electron chi connectivity index (χ4n) is 3.46. The van der Waals surface area contributed by atoms with Crippen molar-refractivity contribution in [1.82, 2.24) is 9.80 Å². The summed E-state index contributed by atoms with van der Waals surface area (Å²) in [5.41, 5.74) is 3.00. The maximum atomic E-state index is 12.4. The number of hydrogen-bond donors (Lipinski definition) is 2. The van der Waals surface area contributed by atoms with E-state index < -0.39 is 5.97 Å². The summed E-state index contributed by atoms with van der Waals surface area (Å²) in [4.78, 5) is 27.0. The van der Waals surface area contributed by atoms with Crippen LogP contribution in [0.15, 0.2) is 54.6 Å². The van der Waals surface area contributed by atoms with Crippen LogP contribution < -0.4 is 5.32 Å². The molecule has 1 aliphatic rings. The summed E-state index contributed by atoms with van der Waals surface area (Å²) in [6.07, 6.45) is -0.106. The number of carbonyl (C=O) groups is 2. The smallest absolute Gasteiger partial charge is 0.317 e. The average Bonchev–Trinajstić information content (AvgIpc) is 2.69. The van der Waals surface area contributed by atoms with Crippen LogP contribution in [0, 0.1) is 0 Å². The number of benzene rings is 2. The molecular formula is C22H27N3O4. The van der Waals surface area contributed by atoms with E-state index in [9.17, 15) is 9.59 Å². The van der Waals surface area contributed by atoms with E-state index in [1.807, 2.05) is 47.4 Å². The molecule has 1 unspecified atom stereocenters. The molecule has 1 aliphatic heterocycles. The highest BCUT2D eigenvalue weighted by atomic mass is 16.5. The highest BCUT2D eigenvalue weighted by molar-refractivity contribution is 5.92. The molecule has 0 aliphatic carbocycles. The first-order valence-electron chi connectivity index (χ1n) is 9.69. The van der Waals surface area contributed by atoms with Gasteiger partial charge in [-0.1, -0.05) is 42.5 Å². The number of likely N-dealkylation sites (N-methyl/N-ethyl adjacent to an activating group) is 1. The number of morpholine rings is 1. The van der Waals surface area contributed by atoms with Gasteiger partial charge in [0.2, 0.25) is 5.91 Å². The van der Waals surface area contributed by atoms with Crippen molar-refractivity contribution in [3.8, 4) is 11.1 Å². The Morgan fingerprint density at radius 3 is 2.52 bits per heavy atom. The summed E-state index contributed by atoms with van der Waals surface area (Å²) in [6, 6.07) is 17.9. The number of carboxylic acids is 1. The Morgan fingerprint density at radius 2 is 1.83 bits per heavy atom. The minimum absolute atomic E-state index is 0.0284. The summed E-state index contributed by atoms with van der Waals surface area (Å²) in [6.45, 7) is 2.59. The molecule has 154 valence electrons. The molecule has 1 heterocycles. The molecule has 2 aromatic carbocycles. The normalized spacial score (nSPS) is 17.2. The van der Waals surface area contributed by atoms with Crippen molar-refractivity contribution in [3.05, 3.63) is 54.6 Å². The molecule has 0 spiro atoms. The maximum absolute atomic E-state index is 12.4. The highest BCUT2D eigenvalue weighted by Crippen LogP contribution is 2.21. The summed E-state index contributed by atoms with van der Waals surface area (Å²) in [5, 5.41) is 11.8. The Morgan fingerprint density at radius 1 is 1.14 bits per heavy atom. The van der Waals surface area contributed by atoms with Gasteiger partial charge in [-0.05, 0) is 30.3 Å². The van der Waals surface area contributed by atoms with E-state index in [-0.39, 0.29) is 25.1 Å². The van der Waals surface area contributed by atoms with Gasteiger partial charge in [0.05, 0.1) is 25.8 Å². The van der Waals surface area contributed by atoms with Gasteiger partial charge in [-0.2, -0.15) is 0 Å². The summed E-state index contributed by atoms with van der Waals surface area (Å²) in [7, 11) is 1.75. The Kier molecular flexibility index (Phi) is 7.35. The van der Waals surface area contributed by atoms with E-state index in [4.69, 9.17) is 9.84 Å². The molecule has 0 aromatic heterocycles. The van der Waals surface area contributed by atoms with E-state index in [0.29, 0.717) is 26.2 Å². The molecule has 2 N–H and O–H groups in total. The van der Waals surface area contributed by atoms with Gasteiger partial charge in [0.25, 0.3) is 0 Å². The van der Waals surface area contributed by atoms with Crippen LogP contribution in [-0.2, 0) is 14.3 Å². The Bertz CT molecular complexity index is 811. The maximum Gasteiger partial charge on any atom is 0.317 e. The van der Waals surface area contributed by atoms with Crippen LogP contribution in [0.5, 0.6) is 0 Å². The molecule has 0 saturated carbocycles. The lowest BCUT2D eigenvalue weighted by molar-refractivity contribution is -0.138. The van der Waals surface area contributed by atoms with Crippen molar-refractivity contribution >= 4 is 17.6 Å². The molecule has 29 heavy (non-hydrogen) atoms. The van der Waals surface area contributed by atoms with E-state index >= 15 is 0 Å². The lowest BCUT2D eigenvalue weighted by Crippen LogP contribution is -2.49. The quantitative estimate of drug-likeness (QED) is 0.709. The Labute approximate surface area is 170 Å². The second-order valence-corrected chi connectivity index (χ2v) is 7.31. The van der Waals surface area contributed by atoms with E-state index in [2.05, 4.69) is 17.4 Å². The number of rotatable bonds is 8. The first-order chi connectivity index (χ1) is 14.0. The van der Waals surface area contributed by atoms with Gasteiger partial charge in [0, 0.05) is 25.3 Å². The zero-order chi connectivity index (χ0) is 20.6. The number of nitrogens with one attached hydrogen (secondary N) is 1. The molecule has 0 bridgehead atoms. The topological polar surface area (TPSA) is 82.1 Å². The Hall–Kier alpha value is -2.74. The van der Waals surface area contributed by atoms with Crippen molar-refractivity contribution in [3.63, 3.8) is 0 Å². The van der Waals surface area contributed by atoms with Crippen molar-refractivity contribution in [2.75, 3.05) is 51.7 Å². The molecule has 7 nitrogen and oxygen atoms in total. The van der Waals surface area contributed by atoms with Crippen LogP contribution >= 0.6 is 0 Å². The van der Waals surface area contributed by atoms with Gasteiger partial charge in [-0.15, -0.1) is 0 Å². The molecule has 3 rings (SSSR count). The molecule has 0 radical (unpaired) electrons.